The highest BCUT2D eigenvalue weighted by molar-refractivity contribution is 6.09. The number of hydrogen-bond donors (Lipinski definition) is 2. The fourth-order valence-corrected chi connectivity index (χ4v) is 3.53. The van der Waals surface area contributed by atoms with Crippen molar-refractivity contribution in [1.82, 2.24) is 0 Å². The zero-order valence-corrected chi connectivity index (χ0v) is 18.5. The molecular weight excluding hydrogens is 428 g/mol. The molecule has 6 heteroatoms. The van der Waals surface area contributed by atoms with Crippen molar-refractivity contribution >= 4 is 28.4 Å². The standard InChI is InChI=1S/C28H22N2O4/c1-33-27-16-19(15-22(17-29)28(32)30-23-10-12-24(31)13-11-23)9-14-26(27)34-18-21-7-4-6-20-5-2-3-8-25(20)21/h2-16,31H,18H2,1H3,(H,30,32)/b22-15+. The number of anilines is 1. The molecule has 0 aromatic heterocycles. The number of hydrogen-bond acceptors (Lipinski definition) is 5. The number of nitrogens with one attached hydrogen (secondary N) is 1. The summed E-state index contributed by atoms with van der Waals surface area (Å²) in [6.07, 6.45) is 1.48. The van der Waals surface area contributed by atoms with Crippen LogP contribution in [0.2, 0.25) is 0 Å². The van der Waals surface area contributed by atoms with Crippen molar-refractivity contribution in [2.45, 2.75) is 6.61 Å². The van der Waals surface area contributed by atoms with Crippen LogP contribution in [0.3, 0.4) is 0 Å². The minimum Gasteiger partial charge on any atom is -0.508 e. The Hall–Kier alpha value is -4.76. The molecule has 6 nitrogen and oxygen atoms in total. The van der Waals surface area contributed by atoms with E-state index >= 15 is 0 Å². The second-order valence-corrected chi connectivity index (χ2v) is 7.51. The fourth-order valence-electron chi connectivity index (χ4n) is 3.53. The molecule has 0 atom stereocenters. The van der Waals surface area contributed by atoms with Crippen molar-refractivity contribution < 1.29 is 19.4 Å². The molecule has 0 heterocycles. The molecule has 0 spiro atoms. The van der Waals surface area contributed by atoms with Gasteiger partial charge in [-0.1, -0.05) is 48.5 Å². The Morgan fingerprint density at radius 3 is 2.53 bits per heavy atom. The van der Waals surface area contributed by atoms with Gasteiger partial charge in [-0.15, -0.1) is 0 Å². The molecule has 0 radical (unpaired) electrons. The largest absolute Gasteiger partial charge is 0.508 e. The summed E-state index contributed by atoms with van der Waals surface area (Å²) in [4.78, 5) is 12.5. The van der Waals surface area contributed by atoms with Crippen LogP contribution >= 0.6 is 0 Å². The number of ether oxygens (including phenoxy) is 2. The van der Waals surface area contributed by atoms with Gasteiger partial charge in [-0.3, -0.25) is 4.79 Å². The third-order valence-electron chi connectivity index (χ3n) is 5.25. The number of nitrogens with zero attached hydrogens (tertiary/aromatic N) is 1. The van der Waals surface area contributed by atoms with E-state index in [9.17, 15) is 15.2 Å². The Morgan fingerprint density at radius 2 is 1.76 bits per heavy atom. The van der Waals surface area contributed by atoms with E-state index in [1.54, 1.807) is 30.3 Å². The number of rotatable bonds is 7. The molecule has 0 unspecified atom stereocenters. The molecule has 0 aliphatic rings. The lowest BCUT2D eigenvalue weighted by molar-refractivity contribution is -0.112. The van der Waals surface area contributed by atoms with Gasteiger partial charge >= 0.3 is 0 Å². The van der Waals surface area contributed by atoms with Gasteiger partial charge < -0.3 is 19.9 Å². The average Bonchev–Trinajstić information content (AvgIpc) is 2.87. The van der Waals surface area contributed by atoms with Crippen LogP contribution in [-0.4, -0.2) is 18.1 Å². The quantitative estimate of drug-likeness (QED) is 0.215. The predicted octanol–water partition coefficient (Wildman–Crippen LogP) is 5.68. The molecule has 0 fully saturated rings. The van der Waals surface area contributed by atoms with E-state index in [1.165, 1.54) is 25.3 Å². The lowest BCUT2D eigenvalue weighted by atomic mass is 10.1. The van der Waals surface area contributed by atoms with Gasteiger partial charge in [0.2, 0.25) is 0 Å². The van der Waals surface area contributed by atoms with E-state index in [4.69, 9.17) is 9.47 Å². The van der Waals surface area contributed by atoms with Crippen LogP contribution in [0.4, 0.5) is 5.69 Å². The summed E-state index contributed by atoms with van der Waals surface area (Å²) in [5, 5.41) is 23.8. The molecule has 2 N–H and O–H groups in total. The average molecular weight is 450 g/mol. The van der Waals surface area contributed by atoms with Crippen LogP contribution in [-0.2, 0) is 11.4 Å². The number of carbonyl (C=O) groups excluding carboxylic acids is 1. The van der Waals surface area contributed by atoms with Crippen molar-refractivity contribution in [1.29, 1.82) is 5.26 Å². The van der Waals surface area contributed by atoms with E-state index < -0.39 is 5.91 Å². The second kappa shape index (κ2) is 10.2. The van der Waals surface area contributed by atoms with Crippen molar-refractivity contribution in [3.8, 4) is 23.3 Å². The third-order valence-corrected chi connectivity index (χ3v) is 5.25. The van der Waals surface area contributed by atoms with Crippen molar-refractivity contribution in [2.75, 3.05) is 12.4 Å². The molecule has 0 saturated heterocycles. The normalized spacial score (nSPS) is 11.0. The number of carbonyl (C=O) groups is 1. The molecule has 34 heavy (non-hydrogen) atoms. The third kappa shape index (κ3) is 5.17. The first-order valence-electron chi connectivity index (χ1n) is 10.6. The summed E-state index contributed by atoms with van der Waals surface area (Å²) >= 11 is 0. The Morgan fingerprint density at radius 1 is 1.00 bits per heavy atom. The van der Waals surface area contributed by atoms with Gasteiger partial charge in [-0.05, 0) is 64.4 Å². The van der Waals surface area contributed by atoms with E-state index in [0.29, 0.717) is 29.4 Å². The topological polar surface area (TPSA) is 91.6 Å². The van der Waals surface area contributed by atoms with E-state index in [1.807, 2.05) is 30.3 Å². The fraction of sp³-hybridized carbons (Fsp3) is 0.0714. The second-order valence-electron chi connectivity index (χ2n) is 7.51. The van der Waals surface area contributed by atoms with Crippen LogP contribution < -0.4 is 14.8 Å². The summed E-state index contributed by atoms with van der Waals surface area (Å²) in [5.74, 6) is 0.581. The smallest absolute Gasteiger partial charge is 0.266 e. The zero-order chi connectivity index (χ0) is 23.9. The molecular formula is C28H22N2O4. The monoisotopic (exact) mass is 450 g/mol. The minimum atomic E-state index is -0.552. The number of fused-ring (bicyclic) bond motifs is 1. The molecule has 0 aliphatic heterocycles. The van der Waals surface area contributed by atoms with E-state index in [0.717, 1.165) is 16.3 Å². The molecule has 0 bridgehead atoms. The van der Waals surface area contributed by atoms with Crippen LogP contribution in [0, 0.1) is 11.3 Å². The highest BCUT2D eigenvalue weighted by Crippen LogP contribution is 2.30. The van der Waals surface area contributed by atoms with Gasteiger partial charge in [0.1, 0.15) is 24.0 Å². The molecule has 1 amide bonds. The van der Waals surface area contributed by atoms with Crippen molar-refractivity contribution in [2.24, 2.45) is 0 Å². The number of phenolic OH excluding ortho intramolecular Hbond substituents is 1. The summed E-state index contributed by atoms with van der Waals surface area (Å²) in [7, 11) is 1.54. The maximum Gasteiger partial charge on any atom is 0.266 e. The summed E-state index contributed by atoms with van der Waals surface area (Å²) in [6, 6.07) is 27.4. The van der Waals surface area contributed by atoms with Crippen LogP contribution in [0.1, 0.15) is 11.1 Å². The van der Waals surface area contributed by atoms with Gasteiger partial charge in [0.15, 0.2) is 11.5 Å². The summed E-state index contributed by atoms with van der Waals surface area (Å²) in [6.45, 7) is 0.366. The SMILES string of the molecule is COc1cc(/C=C(\C#N)C(=O)Nc2ccc(O)cc2)ccc1OCc1cccc2ccccc12. The number of methoxy groups -OCH3 is 1. The predicted molar refractivity (Wildman–Crippen MR) is 132 cm³/mol. The van der Waals surface area contributed by atoms with E-state index in [2.05, 4.69) is 23.5 Å². The number of phenols is 1. The molecule has 0 saturated carbocycles. The van der Waals surface area contributed by atoms with Crippen LogP contribution in [0.15, 0.2) is 90.5 Å². The number of nitriles is 1. The van der Waals surface area contributed by atoms with Gasteiger partial charge in [0.25, 0.3) is 5.91 Å². The van der Waals surface area contributed by atoms with Gasteiger partial charge in [0.05, 0.1) is 7.11 Å². The maximum absolute atomic E-state index is 12.5. The Bertz CT molecular complexity index is 1400. The van der Waals surface area contributed by atoms with Crippen molar-refractivity contribution in [3.05, 3.63) is 102 Å². The summed E-state index contributed by atoms with van der Waals surface area (Å²) < 4.78 is 11.5. The molecule has 168 valence electrons. The molecule has 4 aromatic carbocycles. The Balaban J connectivity index is 1.51. The molecule has 4 rings (SSSR count). The summed E-state index contributed by atoms with van der Waals surface area (Å²) in [5.41, 5.74) is 2.08. The maximum atomic E-state index is 12.5. The van der Waals surface area contributed by atoms with E-state index in [-0.39, 0.29) is 11.3 Å². The number of benzene rings is 4. The van der Waals surface area contributed by atoms with Crippen LogP contribution in [0.5, 0.6) is 17.2 Å². The first kappa shape index (κ1) is 22.4. The Labute approximate surface area is 197 Å². The zero-order valence-electron chi connectivity index (χ0n) is 18.5. The van der Waals surface area contributed by atoms with Gasteiger partial charge in [-0.2, -0.15) is 5.26 Å². The minimum absolute atomic E-state index is 0.0699. The van der Waals surface area contributed by atoms with Gasteiger partial charge in [-0.25, -0.2) is 0 Å². The first-order valence-corrected chi connectivity index (χ1v) is 10.6. The lowest BCUT2D eigenvalue weighted by Gasteiger charge is -2.13. The van der Waals surface area contributed by atoms with Crippen molar-refractivity contribution in [3.63, 3.8) is 0 Å². The first-order chi connectivity index (χ1) is 16.6. The molecule has 4 aromatic rings. The Kier molecular flexibility index (Phi) is 6.76. The number of aromatic hydroxyl groups is 1. The van der Waals surface area contributed by atoms with Gasteiger partial charge in [0, 0.05) is 5.69 Å². The highest BCUT2D eigenvalue weighted by atomic mass is 16.5. The lowest BCUT2D eigenvalue weighted by Crippen LogP contribution is -2.13. The molecule has 0 aliphatic carbocycles. The van der Waals surface area contributed by atoms with Crippen LogP contribution in [0.25, 0.3) is 16.8 Å². The number of amides is 1. The highest BCUT2D eigenvalue weighted by Gasteiger charge is 2.12.